The van der Waals surface area contributed by atoms with Crippen molar-refractivity contribution in [2.75, 3.05) is 0 Å². The van der Waals surface area contributed by atoms with Crippen LogP contribution in [0.2, 0.25) is 0 Å². The summed E-state index contributed by atoms with van der Waals surface area (Å²) in [5, 5.41) is -0.0745. The summed E-state index contributed by atoms with van der Waals surface area (Å²) in [6.07, 6.45) is 23.9. The summed E-state index contributed by atoms with van der Waals surface area (Å²) < 4.78 is 9.43. The van der Waals surface area contributed by atoms with Crippen LogP contribution in [0.4, 0.5) is 0 Å². The molecule has 0 unspecified atom stereocenters. The van der Waals surface area contributed by atoms with Crippen molar-refractivity contribution >= 4 is 46.3 Å². The Morgan fingerprint density at radius 2 is 0.684 bits per heavy atom. The molecule has 0 heterocycles. The van der Waals surface area contributed by atoms with Crippen molar-refractivity contribution in [2.24, 2.45) is 0 Å². The van der Waals surface area contributed by atoms with E-state index >= 15 is 0 Å². The van der Waals surface area contributed by atoms with Gasteiger partial charge in [-0.15, -0.1) is 0 Å². The normalized spacial score (nSPS) is 10.4. The summed E-state index contributed by atoms with van der Waals surface area (Å²) in [7, 11) is 0. The maximum Gasteiger partial charge on any atom is 0.317 e. The molecule has 0 aliphatic heterocycles. The number of rotatable bonds is 22. The fourth-order valence-electron chi connectivity index (χ4n) is 3.55. The van der Waals surface area contributed by atoms with Crippen LogP contribution in [0.5, 0.6) is 0 Å². The molecule has 0 atom stereocenters. The molecule has 0 aliphatic carbocycles. The van der Waals surface area contributed by atoms with Crippen LogP contribution in [0.25, 0.3) is 0 Å². The van der Waals surface area contributed by atoms with Crippen molar-refractivity contribution in [3.63, 3.8) is 0 Å². The van der Waals surface area contributed by atoms with E-state index in [0.29, 0.717) is 49.8 Å². The first-order valence-corrected chi connectivity index (χ1v) is 16.7. The Kier molecular flexibility index (Phi) is 33.1. The van der Waals surface area contributed by atoms with Crippen molar-refractivity contribution in [2.45, 2.75) is 169 Å². The Morgan fingerprint density at radius 1 is 0.421 bits per heavy atom. The fourth-order valence-corrected chi connectivity index (χ4v) is 4.61. The minimum atomic E-state index is -0.328. The highest BCUT2D eigenvalue weighted by Crippen LogP contribution is 2.16. The van der Waals surface area contributed by atoms with Gasteiger partial charge in [-0.05, 0) is 12.8 Å². The molecule has 0 amide bonds. The number of hydrogen-bond donors (Lipinski definition) is 0. The minimum absolute atomic E-state index is 0.0373. The molecule has 38 heavy (non-hydrogen) atoms. The van der Waals surface area contributed by atoms with Crippen molar-refractivity contribution in [3.05, 3.63) is 0 Å². The van der Waals surface area contributed by atoms with Gasteiger partial charge in [0.1, 0.15) is 24.1 Å². The van der Waals surface area contributed by atoms with E-state index in [9.17, 15) is 19.2 Å². The molecule has 6 nitrogen and oxygen atoms in total. The van der Waals surface area contributed by atoms with Gasteiger partial charge < -0.3 is 8.37 Å². The molecule has 8 heteroatoms. The van der Waals surface area contributed by atoms with Crippen molar-refractivity contribution in [1.82, 2.24) is 0 Å². The summed E-state index contributed by atoms with van der Waals surface area (Å²) in [6.45, 7) is 7.89. The second-order valence-electron chi connectivity index (χ2n) is 9.69. The lowest BCUT2D eigenvalue weighted by atomic mass is 10.1. The lowest BCUT2D eigenvalue weighted by Gasteiger charge is -2.02. The highest BCUT2D eigenvalue weighted by molar-refractivity contribution is 8.10. The molecule has 0 saturated carbocycles. The van der Waals surface area contributed by atoms with E-state index in [1.807, 2.05) is 0 Å². The molecule has 0 aliphatic rings. The minimum Gasteiger partial charge on any atom is -0.383 e. The quantitative estimate of drug-likeness (QED) is 0.0929. The molecule has 0 aromatic rings. The molecule has 0 bridgehead atoms. The van der Waals surface area contributed by atoms with E-state index < -0.39 is 0 Å². The van der Waals surface area contributed by atoms with Crippen LogP contribution in [0, 0.1) is 0 Å². The van der Waals surface area contributed by atoms with Gasteiger partial charge in [0.15, 0.2) is 0 Å². The second kappa shape index (κ2) is 32.2. The van der Waals surface area contributed by atoms with E-state index in [1.165, 1.54) is 89.9 Å². The van der Waals surface area contributed by atoms with Gasteiger partial charge in [-0.1, -0.05) is 130 Å². The molecule has 0 fully saturated rings. The third kappa shape index (κ3) is 33.0. The largest absolute Gasteiger partial charge is 0.383 e. The lowest BCUT2D eigenvalue weighted by molar-refractivity contribution is -0.134. The van der Waals surface area contributed by atoms with Crippen molar-refractivity contribution < 1.29 is 27.5 Å². The zero-order valence-corrected chi connectivity index (χ0v) is 26.5. The Morgan fingerprint density at radius 3 is 0.947 bits per heavy atom. The van der Waals surface area contributed by atoms with Crippen LogP contribution in [0.15, 0.2) is 0 Å². The molecule has 0 N–H and O–H groups in total. The predicted molar refractivity (Wildman–Crippen MR) is 162 cm³/mol. The van der Waals surface area contributed by atoms with Gasteiger partial charge >= 0.3 is 11.9 Å². The first kappa shape index (κ1) is 39.1. The van der Waals surface area contributed by atoms with Gasteiger partial charge in [0.05, 0.1) is 0 Å². The van der Waals surface area contributed by atoms with Gasteiger partial charge in [-0.2, -0.15) is 0 Å². The summed E-state index contributed by atoms with van der Waals surface area (Å²) in [5.74, 6) is -0.657. The highest BCUT2D eigenvalue weighted by atomic mass is 32.2. The summed E-state index contributed by atoms with van der Waals surface area (Å²) in [6, 6.07) is 0. The lowest BCUT2D eigenvalue weighted by Crippen LogP contribution is -2.00. The van der Waals surface area contributed by atoms with Crippen LogP contribution >= 0.6 is 24.1 Å². The Balaban J connectivity index is 0. The maximum atomic E-state index is 11.4. The average molecular weight is 577 g/mol. The molecular formula is C30H56O6S2. The topological polar surface area (TPSA) is 86.7 Å². The van der Waals surface area contributed by atoms with Crippen LogP contribution in [-0.4, -0.2) is 22.2 Å². The third-order valence-corrected chi connectivity index (χ3v) is 7.32. The van der Waals surface area contributed by atoms with Gasteiger partial charge in [0.25, 0.3) is 0 Å². The van der Waals surface area contributed by atoms with Gasteiger partial charge in [0.2, 0.25) is 10.2 Å². The predicted octanol–water partition coefficient (Wildman–Crippen LogP) is 10.1. The zero-order valence-electron chi connectivity index (χ0n) is 24.8. The standard InChI is InChI=1S/2C15H28O3S/c2*1-3-5-6-7-8-9-10-11-12-13-15(17)19-18-14(16)4-2/h2*3-13H2,1-2H3. The van der Waals surface area contributed by atoms with Gasteiger partial charge in [-0.3, -0.25) is 19.2 Å². The fraction of sp³-hybridized carbons (Fsp3) is 0.867. The molecule has 0 radical (unpaired) electrons. The summed E-state index contributed by atoms with van der Waals surface area (Å²) in [5.41, 5.74) is 0. The van der Waals surface area contributed by atoms with E-state index in [1.54, 1.807) is 13.8 Å². The molecule has 0 aromatic heterocycles. The smallest absolute Gasteiger partial charge is 0.317 e. The Bertz CT molecular complexity index is 533. The molecule has 0 rings (SSSR count). The second-order valence-corrected chi connectivity index (χ2v) is 11.3. The van der Waals surface area contributed by atoms with Gasteiger partial charge in [0, 0.05) is 25.7 Å². The maximum absolute atomic E-state index is 11.4. The summed E-state index contributed by atoms with van der Waals surface area (Å²) >= 11 is 1.40. The van der Waals surface area contributed by atoms with E-state index in [-0.39, 0.29) is 22.2 Å². The number of carbonyl (C=O) groups excluding carboxylic acids is 4. The average Bonchev–Trinajstić information content (AvgIpc) is 2.93. The van der Waals surface area contributed by atoms with Gasteiger partial charge in [-0.25, -0.2) is 0 Å². The van der Waals surface area contributed by atoms with Crippen LogP contribution in [0.3, 0.4) is 0 Å². The van der Waals surface area contributed by atoms with E-state index in [0.717, 1.165) is 25.7 Å². The van der Waals surface area contributed by atoms with Crippen molar-refractivity contribution in [1.29, 1.82) is 0 Å². The monoisotopic (exact) mass is 576 g/mol. The Hall–Kier alpha value is -1.02. The number of carbonyl (C=O) groups is 4. The number of hydrogen-bond acceptors (Lipinski definition) is 8. The molecule has 224 valence electrons. The summed E-state index contributed by atoms with van der Waals surface area (Å²) in [4.78, 5) is 44.4. The van der Waals surface area contributed by atoms with Crippen LogP contribution in [-0.2, 0) is 27.5 Å². The highest BCUT2D eigenvalue weighted by Gasteiger charge is 2.08. The van der Waals surface area contributed by atoms with Crippen LogP contribution < -0.4 is 0 Å². The van der Waals surface area contributed by atoms with E-state index in [4.69, 9.17) is 8.37 Å². The number of unbranched alkanes of at least 4 members (excludes halogenated alkanes) is 16. The Labute approximate surface area is 242 Å². The molecule has 0 saturated heterocycles. The zero-order chi connectivity index (χ0) is 28.7. The first-order valence-electron chi connectivity index (χ1n) is 15.2. The molecular weight excluding hydrogens is 520 g/mol. The first-order chi connectivity index (χ1) is 18.4. The molecule has 0 aromatic carbocycles. The third-order valence-electron chi connectivity index (χ3n) is 6.00. The van der Waals surface area contributed by atoms with Crippen LogP contribution in [0.1, 0.15) is 169 Å². The van der Waals surface area contributed by atoms with E-state index in [2.05, 4.69) is 13.8 Å². The molecule has 0 spiro atoms. The van der Waals surface area contributed by atoms with Crippen molar-refractivity contribution in [3.8, 4) is 0 Å². The SMILES string of the molecule is CCCCCCCCCCCC(=O)SOC(=O)CC.CCCCCCCCCCCC(=O)SOC(=O)CC.